The average Bonchev–Trinajstić information content (AvgIpc) is 2.34. The van der Waals surface area contributed by atoms with E-state index in [9.17, 15) is 12.9 Å². The summed E-state index contributed by atoms with van der Waals surface area (Å²) in [6, 6.07) is 5.11. The lowest BCUT2D eigenvalue weighted by molar-refractivity contribution is 0.171. The van der Waals surface area contributed by atoms with Gasteiger partial charge >= 0.3 is 6.98 Å². The van der Waals surface area contributed by atoms with Crippen molar-refractivity contribution in [2.45, 2.75) is 4.90 Å². The quantitative estimate of drug-likeness (QED) is 0.619. The maximum absolute atomic E-state index is 12.3. The molecule has 2 nitrogen and oxygen atoms in total. The van der Waals surface area contributed by atoms with E-state index in [1.54, 1.807) is 18.2 Å². The van der Waals surface area contributed by atoms with Gasteiger partial charge in [0.05, 0.1) is 0 Å². The highest BCUT2D eigenvalue weighted by molar-refractivity contribution is 7.99. The Bertz CT molecular complexity index is 462. The van der Waals surface area contributed by atoms with Crippen LogP contribution in [-0.4, -0.2) is 25.9 Å². The first-order valence-corrected chi connectivity index (χ1v) is 6.35. The molecule has 1 aromatic carbocycles. The van der Waals surface area contributed by atoms with Gasteiger partial charge in [0.1, 0.15) is 13.2 Å². The predicted molar refractivity (Wildman–Crippen MR) is 66.4 cm³/mol. The molecule has 1 aromatic rings. The van der Waals surface area contributed by atoms with Gasteiger partial charge in [-0.2, -0.15) is 0 Å². The van der Waals surface area contributed by atoms with Gasteiger partial charge in [-0.05, 0) is 24.0 Å². The number of fused-ring (bicyclic) bond motifs is 1. The largest absolute Gasteiger partial charge is 0.505 e. The molecule has 2 rings (SSSR count). The molecular formula is C11H11BF3O2S-. The lowest BCUT2D eigenvalue weighted by Gasteiger charge is -2.20. The lowest BCUT2D eigenvalue weighted by atomic mass is 9.82. The first-order valence-electron chi connectivity index (χ1n) is 5.37. The van der Waals surface area contributed by atoms with Crippen molar-refractivity contribution < 1.29 is 22.4 Å². The summed E-state index contributed by atoms with van der Waals surface area (Å²) in [6.07, 6.45) is 0. The summed E-state index contributed by atoms with van der Waals surface area (Å²) in [4.78, 5) is 0.709. The van der Waals surface area contributed by atoms with E-state index in [0.717, 1.165) is 11.8 Å². The lowest BCUT2D eigenvalue weighted by Crippen LogP contribution is -2.20. The van der Waals surface area contributed by atoms with Gasteiger partial charge in [0.25, 0.3) is 0 Å². The van der Waals surface area contributed by atoms with Crippen molar-refractivity contribution in [3.8, 4) is 11.5 Å². The number of thioether (sulfide) groups is 1. The van der Waals surface area contributed by atoms with E-state index in [2.05, 4.69) is 6.58 Å². The third-order valence-electron chi connectivity index (χ3n) is 2.40. The molecule has 0 radical (unpaired) electrons. The van der Waals surface area contributed by atoms with E-state index >= 15 is 0 Å². The maximum atomic E-state index is 12.3. The highest BCUT2D eigenvalue weighted by atomic mass is 32.2. The molecule has 0 bridgehead atoms. The third-order valence-corrected chi connectivity index (χ3v) is 3.50. The molecule has 18 heavy (non-hydrogen) atoms. The summed E-state index contributed by atoms with van der Waals surface area (Å²) in [6.45, 7) is -0.949. The number of benzene rings is 1. The first-order chi connectivity index (χ1) is 8.47. The van der Waals surface area contributed by atoms with Gasteiger partial charge in [-0.15, -0.1) is 23.8 Å². The van der Waals surface area contributed by atoms with Crippen molar-refractivity contribution in [1.82, 2.24) is 0 Å². The zero-order chi connectivity index (χ0) is 13.2. The van der Waals surface area contributed by atoms with Crippen LogP contribution in [0.5, 0.6) is 11.5 Å². The van der Waals surface area contributed by atoms with Crippen molar-refractivity contribution in [1.29, 1.82) is 0 Å². The fourth-order valence-corrected chi connectivity index (χ4v) is 2.28. The Morgan fingerprint density at radius 2 is 1.89 bits per heavy atom. The molecule has 1 aliphatic heterocycles. The Morgan fingerprint density at radius 3 is 2.56 bits per heavy atom. The first kappa shape index (κ1) is 13.2. The molecule has 0 saturated carbocycles. The molecule has 0 atom stereocenters. The van der Waals surface area contributed by atoms with Gasteiger partial charge in [-0.3, -0.25) is 0 Å². The summed E-state index contributed by atoms with van der Waals surface area (Å²) in [5.74, 6) is 1.04. The van der Waals surface area contributed by atoms with Crippen LogP contribution in [0.1, 0.15) is 0 Å². The van der Waals surface area contributed by atoms with E-state index in [1.807, 2.05) is 0 Å². The second-order valence-electron chi connectivity index (χ2n) is 3.83. The van der Waals surface area contributed by atoms with Crippen LogP contribution in [0.25, 0.3) is 0 Å². The number of rotatable bonds is 4. The average molecular weight is 275 g/mol. The molecule has 1 heterocycles. The van der Waals surface area contributed by atoms with E-state index in [-0.39, 0.29) is 5.75 Å². The second-order valence-corrected chi connectivity index (χ2v) is 4.88. The van der Waals surface area contributed by atoms with E-state index in [1.165, 1.54) is 0 Å². The van der Waals surface area contributed by atoms with Crippen LogP contribution in [0, 0.1) is 0 Å². The standard InChI is InChI=1S/C11H11BF3O2S/c1-8(12(13,14)15)7-18-9-2-3-10-11(6-9)17-5-4-16-10/h2-3,6H,1,4-5,7H2/q-1. The summed E-state index contributed by atoms with van der Waals surface area (Å²) in [5, 5.41) is 0. The molecule has 0 amide bonds. The number of hydrogen-bond donors (Lipinski definition) is 0. The second kappa shape index (κ2) is 5.18. The molecule has 1 aliphatic rings. The highest BCUT2D eigenvalue weighted by Gasteiger charge is 2.26. The molecule has 7 heteroatoms. The fraction of sp³-hybridized carbons (Fsp3) is 0.273. The Hall–Kier alpha value is -1.24. The summed E-state index contributed by atoms with van der Waals surface area (Å²) < 4.78 is 47.7. The van der Waals surface area contributed by atoms with Crippen molar-refractivity contribution in [3.05, 3.63) is 30.3 Å². The van der Waals surface area contributed by atoms with Gasteiger partial charge < -0.3 is 22.4 Å². The number of hydrogen-bond acceptors (Lipinski definition) is 3. The van der Waals surface area contributed by atoms with Crippen molar-refractivity contribution in [3.63, 3.8) is 0 Å². The minimum absolute atomic E-state index is 0.164. The van der Waals surface area contributed by atoms with E-state index in [0.29, 0.717) is 29.6 Å². The van der Waals surface area contributed by atoms with Crippen LogP contribution in [-0.2, 0) is 0 Å². The van der Waals surface area contributed by atoms with Crippen molar-refractivity contribution in [2.24, 2.45) is 0 Å². The van der Waals surface area contributed by atoms with Gasteiger partial charge in [0.15, 0.2) is 11.5 Å². The Morgan fingerprint density at radius 1 is 1.22 bits per heavy atom. The van der Waals surface area contributed by atoms with Crippen LogP contribution < -0.4 is 9.47 Å². The minimum Gasteiger partial charge on any atom is -0.486 e. The van der Waals surface area contributed by atoms with Crippen LogP contribution in [0.3, 0.4) is 0 Å². The summed E-state index contributed by atoms with van der Waals surface area (Å²) in [5.41, 5.74) is -0.685. The molecule has 0 fully saturated rings. The molecule has 0 aromatic heterocycles. The molecule has 0 aliphatic carbocycles. The van der Waals surface area contributed by atoms with Gasteiger partial charge in [0.2, 0.25) is 0 Å². The monoisotopic (exact) mass is 275 g/mol. The molecular weight excluding hydrogens is 264 g/mol. The van der Waals surface area contributed by atoms with Crippen LogP contribution in [0.4, 0.5) is 12.9 Å². The Labute approximate surface area is 107 Å². The summed E-state index contributed by atoms with van der Waals surface area (Å²) >= 11 is 1.09. The molecule has 0 unspecified atom stereocenters. The normalized spacial score (nSPS) is 14.4. The Balaban J connectivity index is 2.00. The topological polar surface area (TPSA) is 18.5 Å². The van der Waals surface area contributed by atoms with Gasteiger partial charge in [-0.1, -0.05) is 0 Å². The zero-order valence-electron chi connectivity index (χ0n) is 9.50. The van der Waals surface area contributed by atoms with E-state index in [4.69, 9.17) is 9.47 Å². The molecule has 0 spiro atoms. The predicted octanol–water partition coefficient (Wildman–Crippen LogP) is 3.49. The number of halogens is 3. The van der Waals surface area contributed by atoms with Gasteiger partial charge in [-0.25, -0.2) is 0 Å². The fourth-order valence-electron chi connectivity index (χ4n) is 1.38. The van der Waals surface area contributed by atoms with Crippen LogP contribution >= 0.6 is 11.8 Å². The van der Waals surface area contributed by atoms with Gasteiger partial charge in [0, 0.05) is 4.90 Å². The van der Waals surface area contributed by atoms with Crippen LogP contribution in [0.2, 0.25) is 0 Å². The minimum atomic E-state index is -4.95. The highest BCUT2D eigenvalue weighted by Crippen LogP contribution is 2.35. The zero-order valence-corrected chi connectivity index (χ0v) is 10.3. The molecule has 98 valence electrons. The summed E-state index contributed by atoms with van der Waals surface area (Å²) in [7, 11) is 0. The van der Waals surface area contributed by atoms with Crippen LogP contribution in [0.15, 0.2) is 35.1 Å². The Kier molecular flexibility index (Phi) is 3.80. The third kappa shape index (κ3) is 3.16. The van der Waals surface area contributed by atoms with Crippen molar-refractivity contribution in [2.75, 3.05) is 19.0 Å². The van der Waals surface area contributed by atoms with Crippen molar-refractivity contribution >= 4 is 18.7 Å². The SMILES string of the molecule is C=C(CSc1ccc2c(c1)OCCO2)[B-](F)(F)F. The number of ether oxygens (including phenoxy) is 2. The molecule has 0 N–H and O–H groups in total. The smallest absolute Gasteiger partial charge is 0.486 e. The molecule has 0 saturated heterocycles. The maximum Gasteiger partial charge on any atom is 0.505 e. The van der Waals surface area contributed by atoms with E-state index < -0.39 is 12.4 Å².